The van der Waals surface area contributed by atoms with Crippen LogP contribution < -0.4 is 11.1 Å². The average molecular weight is 188 g/mol. The SMILES string of the molecule is Cn1cc(CNCCN)cc1Cl. The van der Waals surface area contributed by atoms with Crippen LogP contribution in [0, 0.1) is 0 Å². The van der Waals surface area contributed by atoms with Crippen LogP contribution in [-0.4, -0.2) is 17.7 Å². The van der Waals surface area contributed by atoms with Gasteiger partial charge in [0.25, 0.3) is 0 Å². The van der Waals surface area contributed by atoms with Crippen LogP contribution in [0.5, 0.6) is 0 Å². The van der Waals surface area contributed by atoms with Gasteiger partial charge < -0.3 is 15.6 Å². The zero-order valence-corrected chi connectivity index (χ0v) is 7.93. The van der Waals surface area contributed by atoms with Crippen LogP contribution in [0.1, 0.15) is 5.56 Å². The second kappa shape index (κ2) is 4.50. The van der Waals surface area contributed by atoms with Crippen LogP contribution in [0.2, 0.25) is 5.15 Å². The summed E-state index contributed by atoms with van der Waals surface area (Å²) in [5.74, 6) is 0. The first kappa shape index (κ1) is 9.58. The topological polar surface area (TPSA) is 43.0 Å². The molecule has 0 amide bonds. The fourth-order valence-electron chi connectivity index (χ4n) is 1.03. The van der Waals surface area contributed by atoms with Gasteiger partial charge >= 0.3 is 0 Å². The predicted molar refractivity (Wildman–Crippen MR) is 51.2 cm³/mol. The van der Waals surface area contributed by atoms with Gasteiger partial charge in [0.1, 0.15) is 5.15 Å². The van der Waals surface area contributed by atoms with E-state index < -0.39 is 0 Å². The molecule has 0 saturated carbocycles. The predicted octanol–water partition coefficient (Wildman–Crippen LogP) is 0.727. The Hall–Kier alpha value is -0.510. The van der Waals surface area contributed by atoms with Gasteiger partial charge in [-0.15, -0.1) is 0 Å². The van der Waals surface area contributed by atoms with Gasteiger partial charge in [0.2, 0.25) is 0 Å². The average Bonchev–Trinajstić information content (AvgIpc) is 2.32. The Morgan fingerprint density at radius 3 is 2.92 bits per heavy atom. The van der Waals surface area contributed by atoms with Crippen molar-refractivity contribution in [1.82, 2.24) is 9.88 Å². The third kappa shape index (κ3) is 2.52. The van der Waals surface area contributed by atoms with Gasteiger partial charge in [-0.1, -0.05) is 11.6 Å². The lowest BCUT2D eigenvalue weighted by molar-refractivity contribution is 0.694. The maximum absolute atomic E-state index is 5.85. The molecule has 0 aromatic carbocycles. The van der Waals surface area contributed by atoms with Crippen molar-refractivity contribution in [2.75, 3.05) is 13.1 Å². The maximum Gasteiger partial charge on any atom is 0.108 e. The first-order valence-electron chi connectivity index (χ1n) is 3.95. The standard InChI is InChI=1S/C8H14ClN3/c1-12-6-7(4-8(12)9)5-11-3-2-10/h4,6,11H,2-3,5,10H2,1H3. The van der Waals surface area contributed by atoms with E-state index in [1.165, 1.54) is 5.56 Å². The van der Waals surface area contributed by atoms with E-state index in [4.69, 9.17) is 17.3 Å². The molecule has 68 valence electrons. The molecule has 0 fully saturated rings. The number of nitrogens with one attached hydrogen (secondary N) is 1. The largest absolute Gasteiger partial charge is 0.342 e. The van der Waals surface area contributed by atoms with Gasteiger partial charge in [-0.25, -0.2) is 0 Å². The Labute approximate surface area is 77.5 Å². The number of aryl methyl sites for hydroxylation is 1. The third-order valence-corrected chi connectivity index (χ3v) is 2.03. The molecule has 0 aliphatic heterocycles. The molecule has 12 heavy (non-hydrogen) atoms. The highest BCUT2D eigenvalue weighted by Gasteiger charge is 1.98. The van der Waals surface area contributed by atoms with Crippen LogP contribution in [0.3, 0.4) is 0 Å². The number of nitrogens with zero attached hydrogens (tertiary/aromatic N) is 1. The van der Waals surface area contributed by atoms with Crippen molar-refractivity contribution in [3.63, 3.8) is 0 Å². The Kier molecular flexibility index (Phi) is 3.59. The molecule has 0 unspecified atom stereocenters. The molecule has 1 aromatic rings. The van der Waals surface area contributed by atoms with Crippen LogP contribution in [0.4, 0.5) is 0 Å². The number of rotatable bonds is 4. The van der Waals surface area contributed by atoms with Crippen LogP contribution in [-0.2, 0) is 13.6 Å². The Bertz CT molecular complexity index is 225. The molecule has 3 nitrogen and oxygen atoms in total. The number of nitrogens with two attached hydrogens (primary N) is 1. The molecule has 1 aromatic heterocycles. The molecule has 0 radical (unpaired) electrons. The molecule has 0 atom stereocenters. The number of aromatic nitrogens is 1. The lowest BCUT2D eigenvalue weighted by atomic mass is 10.3. The summed E-state index contributed by atoms with van der Waals surface area (Å²) in [6.45, 7) is 2.34. The van der Waals surface area contributed by atoms with Gasteiger partial charge in [0.05, 0.1) is 0 Å². The first-order chi connectivity index (χ1) is 5.74. The van der Waals surface area contributed by atoms with E-state index in [0.717, 1.165) is 18.2 Å². The number of hydrogen-bond donors (Lipinski definition) is 2. The molecule has 0 aliphatic rings. The summed E-state index contributed by atoms with van der Waals surface area (Å²) in [7, 11) is 1.93. The second-order valence-electron chi connectivity index (χ2n) is 2.75. The number of halogens is 1. The molecular formula is C8H14ClN3. The molecule has 0 bridgehead atoms. The maximum atomic E-state index is 5.85. The molecular weight excluding hydrogens is 174 g/mol. The summed E-state index contributed by atoms with van der Waals surface area (Å²) in [4.78, 5) is 0. The van der Waals surface area contributed by atoms with Gasteiger partial charge in [-0.05, 0) is 11.6 Å². The lowest BCUT2D eigenvalue weighted by Crippen LogP contribution is -2.21. The van der Waals surface area contributed by atoms with E-state index in [0.29, 0.717) is 6.54 Å². The summed E-state index contributed by atoms with van der Waals surface area (Å²) in [5, 5.41) is 3.96. The monoisotopic (exact) mass is 187 g/mol. The van der Waals surface area contributed by atoms with Gasteiger partial charge in [0, 0.05) is 32.9 Å². The molecule has 0 spiro atoms. The van der Waals surface area contributed by atoms with Gasteiger partial charge in [0.15, 0.2) is 0 Å². The van der Waals surface area contributed by atoms with Gasteiger partial charge in [-0.2, -0.15) is 0 Å². The van der Waals surface area contributed by atoms with Gasteiger partial charge in [-0.3, -0.25) is 0 Å². The van der Waals surface area contributed by atoms with Crippen molar-refractivity contribution in [1.29, 1.82) is 0 Å². The van der Waals surface area contributed by atoms with E-state index in [-0.39, 0.29) is 0 Å². The highest BCUT2D eigenvalue weighted by Crippen LogP contribution is 2.11. The second-order valence-corrected chi connectivity index (χ2v) is 3.13. The Morgan fingerprint density at radius 1 is 1.67 bits per heavy atom. The van der Waals surface area contributed by atoms with Crippen LogP contribution in [0.25, 0.3) is 0 Å². The quantitative estimate of drug-likeness (QED) is 0.683. The van der Waals surface area contributed by atoms with E-state index >= 15 is 0 Å². The van der Waals surface area contributed by atoms with Crippen molar-refractivity contribution < 1.29 is 0 Å². The van der Waals surface area contributed by atoms with Crippen molar-refractivity contribution in [2.45, 2.75) is 6.54 Å². The minimum Gasteiger partial charge on any atom is -0.342 e. The number of hydrogen-bond acceptors (Lipinski definition) is 2. The lowest BCUT2D eigenvalue weighted by Gasteiger charge is -1.98. The van der Waals surface area contributed by atoms with Crippen molar-refractivity contribution in [2.24, 2.45) is 12.8 Å². The molecule has 0 aliphatic carbocycles. The van der Waals surface area contributed by atoms with E-state index in [1.54, 1.807) is 0 Å². The van der Waals surface area contributed by atoms with Crippen molar-refractivity contribution in [3.05, 3.63) is 23.0 Å². The highest BCUT2D eigenvalue weighted by atomic mass is 35.5. The zero-order chi connectivity index (χ0) is 8.97. The fraction of sp³-hybridized carbons (Fsp3) is 0.500. The summed E-state index contributed by atoms with van der Waals surface area (Å²) >= 11 is 5.85. The Morgan fingerprint density at radius 2 is 2.42 bits per heavy atom. The summed E-state index contributed by atoms with van der Waals surface area (Å²) in [6, 6.07) is 1.95. The smallest absolute Gasteiger partial charge is 0.108 e. The molecule has 4 heteroatoms. The minimum atomic E-state index is 0.667. The summed E-state index contributed by atoms with van der Waals surface area (Å²) in [5.41, 5.74) is 6.52. The molecule has 0 saturated heterocycles. The summed E-state index contributed by atoms with van der Waals surface area (Å²) < 4.78 is 1.89. The first-order valence-corrected chi connectivity index (χ1v) is 4.33. The van der Waals surface area contributed by atoms with E-state index in [2.05, 4.69) is 5.32 Å². The van der Waals surface area contributed by atoms with Crippen LogP contribution >= 0.6 is 11.6 Å². The molecule has 3 N–H and O–H groups in total. The molecule has 1 rings (SSSR count). The van der Waals surface area contributed by atoms with Crippen LogP contribution in [0.15, 0.2) is 12.3 Å². The summed E-state index contributed by atoms with van der Waals surface area (Å²) in [6.07, 6.45) is 2.01. The third-order valence-electron chi connectivity index (χ3n) is 1.65. The van der Waals surface area contributed by atoms with E-state index in [1.807, 2.05) is 23.9 Å². The minimum absolute atomic E-state index is 0.667. The normalized spacial score (nSPS) is 10.6. The van der Waals surface area contributed by atoms with Crippen molar-refractivity contribution >= 4 is 11.6 Å². The fourth-order valence-corrected chi connectivity index (χ4v) is 1.22. The Balaban J connectivity index is 2.42. The highest BCUT2D eigenvalue weighted by molar-refractivity contribution is 6.29. The van der Waals surface area contributed by atoms with E-state index in [9.17, 15) is 0 Å². The van der Waals surface area contributed by atoms with Crippen molar-refractivity contribution in [3.8, 4) is 0 Å². The molecule has 1 heterocycles. The zero-order valence-electron chi connectivity index (χ0n) is 7.18.